The maximum atomic E-state index is 2.58. The van der Waals surface area contributed by atoms with Gasteiger partial charge in [0.25, 0.3) is 0 Å². The third-order valence-electron chi connectivity index (χ3n) is 12.8. The van der Waals surface area contributed by atoms with Crippen molar-refractivity contribution in [2.75, 3.05) is 0 Å². The van der Waals surface area contributed by atoms with E-state index in [-0.39, 0.29) is 0 Å². The Morgan fingerprint density at radius 3 is 1.24 bits per heavy atom. The van der Waals surface area contributed by atoms with Gasteiger partial charge in [-0.25, -0.2) is 0 Å². The van der Waals surface area contributed by atoms with Crippen molar-refractivity contribution in [3.8, 4) is 33.6 Å². The predicted molar refractivity (Wildman–Crippen MR) is 235 cm³/mol. The third-order valence-corrected chi connectivity index (χ3v) is 16.3. The lowest BCUT2D eigenvalue weighted by atomic mass is 10.0. The zero-order chi connectivity index (χ0) is 36.4. The lowest BCUT2D eigenvalue weighted by Gasteiger charge is -2.26. The smallest absolute Gasteiger partial charge is 0.112 e. The van der Waals surface area contributed by atoms with E-state index < -0.39 is 8.07 Å². The molecule has 260 valence electrons. The Labute approximate surface area is 321 Å². The van der Waals surface area contributed by atoms with E-state index in [4.69, 9.17) is 0 Å². The van der Waals surface area contributed by atoms with Crippen molar-refractivity contribution in [2.45, 2.75) is 25.9 Å². The zero-order valence-electron chi connectivity index (χ0n) is 31.0. The topological polar surface area (TPSA) is 9.86 Å². The molecule has 2 aliphatic carbocycles. The first-order chi connectivity index (χ1) is 27.0. The summed E-state index contributed by atoms with van der Waals surface area (Å²) >= 11 is 0. The Hall–Kier alpha value is -6.42. The fourth-order valence-corrected chi connectivity index (χ4v) is 12.4. The van der Waals surface area contributed by atoms with E-state index >= 15 is 0 Å². The summed E-state index contributed by atoms with van der Waals surface area (Å²) in [7, 11) is -2.15. The van der Waals surface area contributed by atoms with Crippen molar-refractivity contribution in [1.29, 1.82) is 0 Å². The molecule has 0 fully saturated rings. The van der Waals surface area contributed by atoms with Gasteiger partial charge in [-0.2, -0.15) is 0 Å². The molecule has 0 N–H and O–H groups in total. The van der Waals surface area contributed by atoms with Crippen LogP contribution in [0.1, 0.15) is 22.3 Å². The van der Waals surface area contributed by atoms with Crippen LogP contribution in [-0.2, 0) is 12.8 Å². The molecule has 0 bridgehead atoms. The summed E-state index contributed by atoms with van der Waals surface area (Å²) in [6.07, 6.45) is 1.94. The number of benzene rings is 8. The minimum Gasteiger partial charge on any atom is -0.309 e. The second-order valence-corrected chi connectivity index (χ2v) is 20.5. The first-order valence-corrected chi connectivity index (χ1v) is 22.5. The van der Waals surface area contributed by atoms with Crippen LogP contribution in [0, 0.1) is 0 Å². The van der Waals surface area contributed by atoms with Crippen molar-refractivity contribution < 1.29 is 0 Å². The summed E-state index contributed by atoms with van der Waals surface area (Å²) in [5.41, 5.74) is 18.9. The minimum absolute atomic E-state index is 0.972. The quantitative estimate of drug-likeness (QED) is 0.160. The SMILES string of the molecule is C[Si](C)(c1ccc2c(c1)-c1c(ccc3c4ccccc4n(-c4ccccc4)c13)C2)c1ccc2c(c1)-c1c(ccc3c4ccccc4n(-c4ccccc4)c13)C2. The van der Waals surface area contributed by atoms with Gasteiger partial charge in [0.15, 0.2) is 0 Å². The first kappa shape index (κ1) is 31.0. The van der Waals surface area contributed by atoms with Crippen LogP contribution in [0.2, 0.25) is 13.1 Å². The van der Waals surface area contributed by atoms with Crippen LogP contribution < -0.4 is 10.4 Å². The second kappa shape index (κ2) is 11.3. The standard InChI is InChI=1S/C52H38N2Si/c1-55(2,39-25-21-33-29-35-23-27-43-41-17-9-11-19-47(41)53(37-13-5-3-6-14-37)51(43)49(35)45(33)31-39)40-26-22-34-30-36-24-28-44-42-18-10-12-20-48(42)54(38-15-7-4-8-16-38)52(44)50(36)46(34)32-40/h3-28,31-32H,29-30H2,1-2H3. The third kappa shape index (κ3) is 4.30. The molecule has 10 aromatic rings. The second-order valence-electron chi connectivity index (χ2n) is 16.1. The number of aromatic nitrogens is 2. The Balaban J connectivity index is 1.04. The van der Waals surface area contributed by atoms with Crippen LogP contribution in [-0.4, -0.2) is 17.2 Å². The van der Waals surface area contributed by atoms with Crippen molar-refractivity contribution >= 4 is 62.1 Å². The lowest BCUT2D eigenvalue weighted by Crippen LogP contribution is -2.52. The van der Waals surface area contributed by atoms with E-state index in [1.165, 1.54) is 110 Å². The number of para-hydroxylation sites is 4. The van der Waals surface area contributed by atoms with Gasteiger partial charge in [-0.3, -0.25) is 0 Å². The van der Waals surface area contributed by atoms with Crippen molar-refractivity contribution in [2.24, 2.45) is 0 Å². The monoisotopic (exact) mass is 718 g/mol. The summed E-state index contributed by atoms with van der Waals surface area (Å²) in [6, 6.07) is 64.0. The number of hydrogen-bond donors (Lipinski definition) is 0. The molecule has 0 spiro atoms. The van der Waals surface area contributed by atoms with Crippen LogP contribution in [0.15, 0.2) is 170 Å². The molecule has 2 aliphatic rings. The van der Waals surface area contributed by atoms with E-state index in [0.29, 0.717) is 0 Å². The molecule has 2 heterocycles. The normalized spacial score (nSPS) is 13.1. The highest BCUT2D eigenvalue weighted by molar-refractivity contribution is 7.00. The molecule has 0 aliphatic heterocycles. The van der Waals surface area contributed by atoms with Gasteiger partial charge in [-0.1, -0.05) is 157 Å². The van der Waals surface area contributed by atoms with E-state index in [9.17, 15) is 0 Å². The maximum absolute atomic E-state index is 2.58. The maximum Gasteiger partial charge on any atom is 0.112 e. The molecule has 0 atom stereocenters. The van der Waals surface area contributed by atoms with Gasteiger partial charge in [0.05, 0.1) is 22.1 Å². The largest absolute Gasteiger partial charge is 0.309 e. The molecule has 0 saturated carbocycles. The summed E-state index contributed by atoms with van der Waals surface area (Å²) in [5, 5.41) is 8.22. The molecule has 2 nitrogen and oxygen atoms in total. The Morgan fingerprint density at radius 1 is 0.382 bits per heavy atom. The van der Waals surface area contributed by atoms with Gasteiger partial charge >= 0.3 is 0 Å². The Kier molecular flexibility index (Phi) is 6.36. The van der Waals surface area contributed by atoms with Gasteiger partial charge in [-0.15, -0.1) is 0 Å². The van der Waals surface area contributed by atoms with Gasteiger partial charge in [0, 0.05) is 44.0 Å². The molecule has 3 heteroatoms. The zero-order valence-corrected chi connectivity index (χ0v) is 32.0. The highest BCUT2D eigenvalue weighted by Crippen LogP contribution is 2.47. The molecule has 2 aromatic heterocycles. The molecule has 12 rings (SSSR count). The average Bonchev–Trinajstić information content (AvgIpc) is 3.98. The predicted octanol–water partition coefficient (Wildman–Crippen LogP) is 11.8. The molecule has 0 amide bonds. The van der Waals surface area contributed by atoms with Crippen LogP contribution in [0.3, 0.4) is 0 Å². The van der Waals surface area contributed by atoms with Gasteiger partial charge in [0.1, 0.15) is 8.07 Å². The lowest BCUT2D eigenvalue weighted by molar-refractivity contribution is 1.18. The molecular weight excluding hydrogens is 681 g/mol. The van der Waals surface area contributed by atoms with E-state index in [1.54, 1.807) is 0 Å². The van der Waals surface area contributed by atoms with E-state index in [0.717, 1.165) is 12.8 Å². The van der Waals surface area contributed by atoms with Crippen molar-refractivity contribution in [3.05, 3.63) is 192 Å². The van der Waals surface area contributed by atoms with Crippen LogP contribution in [0.5, 0.6) is 0 Å². The number of rotatable bonds is 4. The van der Waals surface area contributed by atoms with Gasteiger partial charge < -0.3 is 9.13 Å². The van der Waals surface area contributed by atoms with Crippen molar-refractivity contribution in [1.82, 2.24) is 9.13 Å². The van der Waals surface area contributed by atoms with Crippen molar-refractivity contribution in [3.63, 3.8) is 0 Å². The van der Waals surface area contributed by atoms with E-state index in [1.807, 2.05) is 0 Å². The first-order valence-electron chi connectivity index (χ1n) is 19.5. The summed E-state index contributed by atoms with van der Waals surface area (Å²) in [5.74, 6) is 0. The Morgan fingerprint density at radius 2 is 0.782 bits per heavy atom. The summed E-state index contributed by atoms with van der Waals surface area (Å²) in [6.45, 7) is 5.09. The molecule has 55 heavy (non-hydrogen) atoms. The Bertz CT molecular complexity index is 3000. The number of fused-ring (bicyclic) bond motifs is 14. The van der Waals surface area contributed by atoms with Crippen LogP contribution in [0.25, 0.3) is 77.2 Å². The molecule has 0 radical (unpaired) electrons. The minimum atomic E-state index is -2.15. The summed E-state index contributed by atoms with van der Waals surface area (Å²) < 4.78 is 5.00. The van der Waals surface area contributed by atoms with E-state index in [2.05, 4.69) is 192 Å². The molecular formula is C52H38N2Si. The van der Waals surface area contributed by atoms with Gasteiger partial charge in [-0.05, 0) is 82.6 Å². The van der Waals surface area contributed by atoms with Crippen LogP contribution >= 0.6 is 0 Å². The highest BCUT2D eigenvalue weighted by Gasteiger charge is 2.33. The molecule has 0 unspecified atom stereocenters. The van der Waals surface area contributed by atoms with Gasteiger partial charge in [0.2, 0.25) is 0 Å². The fraction of sp³-hybridized carbons (Fsp3) is 0.0769. The fourth-order valence-electron chi connectivity index (χ4n) is 10.1. The highest BCUT2D eigenvalue weighted by atomic mass is 28.3. The summed E-state index contributed by atoms with van der Waals surface area (Å²) in [4.78, 5) is 0. The molecule has 0 saturated heterocycles. The van der Waals surface area contributed by atoms with Crippen LogP contribution in [0.4, 0.5) is 0 Å². The number of nitrogens with zero attached hydrogens (tertiary/aromatic N) is 2. The average molecular weight is 719 g/mol. The number of hydrogen-bond acceptors (Lipinski definition) is 0. The molecule has 8 aromatic carbocycles.